The van der Waals surface area contributed by atoms with E-state index in [1.165, 1.54) is 5.56 Å². The number of allylic oxidation sites excluding steroid dienone is 1. The standard InChI is InChI=1S/C18H20N2/c1-15(19-17-12-8-5-9-13-17)14-18(20(2)3)16-10-6-4-7-11-16/h4-14H,1-3H3. The van der Waals surface area contributed by atoms with Gasteiger partial charge >= 0.3 is 0 Å². The van der Waals surface area contributed by atoms with Crippen LogP contribution in [0.4, 0.5) is 5.69 Å². The fraction of sp³-hybridized carbons (Fsp3) is 0.167. The number of para-hydroxylation sites is 1. The minimum atomic E-state index is 0.979. The smallest absolute Gasteiger partial charge is 0.0632 e. The van der Waals surface area contributed by atoms with E-state index in [2.05, 4.69) is 54.3 Å². The lowest BCUT2D eigenvalue weighted by atomic mass is 10.1. The van der Waals surface area contributed by atoms with E-state index in [1.54, 1.807) is 0 Å². The van der Waals surface area contributed by atoms with Crippen LogP contribution >= 0.6 is 0 Å². The molecule has 0 saturated heterocycles. The van der Waals surface area contributed by atoms with Gasteiger partial charge in [-0.3, -0.25) is 4.99 Å². The van der Waals surface area contributed by atoms with E-state index < -0.39 is 0 Å². The van der Waals surface area contributed by atoms with Crippen molar-refractivity contribution in [2.24, 2.45) is 4.99 Å². The highest BCUT2D eigenvalue weighted by Gasteiger charge is 2.03. The Kier molecular flexibility index (Phi) is 4.72. The van der Waals surface area contributed by atoms with Crippen molar-refractivity contribution in [3.05, 3.63) is 72.3 Å². The molecule has 0 aromatic heterocycles. The molecule has 20 heavy (non-hydrogen) atoms. The predicted molar refractivity (Wildman–Crippen MR) is 87.3 cm³/mol. The second-order valence-corrected chi connectivity index (χ2v) is 4.88. The Morgan fingerprint density at radius 1 is 0.900 bits per heavy atom. The van der Waals surface area contributed by atoms with Crippen LogP contribution in [0.2, 0.25) is 0 Å². The van der Waals surface area contributed by atoms with E-state index in [0.29, 0.717) is 0 Å². The average molecular weight is 264 g/mol. The molecule has 0 aliphatic rings. The van der Waals surface area contributed by atoms with Gasteiger partial charge in [0.25, 0.3) is 0 Å². The van der Waals surface area contributed by atoms with Crippen molar-refractivity contribution in [3.8, 4) is 0 Å². The molecule has 102 valence electrons. The number of benzene rings is 2. The first kappa shape index (κ1) is 14.1. The molecule has 0 heterocycles. The van der Waals surface area contributed by atoms with Crippen LogP contribution in [0.1, 0.15) is 12.5 Å². The minimum absolute atomic E-state index is 0.979. The summed E-state index contributed by atoms with van der Waals surface area (Å²) in [6.07, 6.45) is 2.11. The summed E-state index contributed by atoms with van der Waals surface area (Å²) in [5, 5.41) is 0. The van der Waals surface area contributed by atoms with Crippen molar-refractivity contribution in [3.63, 3.8) is 0 Å². The first-order valence-corrected chi connectivity index (χ1v) is 6.71. The number of rotatable bonds is 4. The quantitative estimate of drug-likeness (QED) is 0.748. The summed E-state index contributed by atoms with van der Waals surface area (Å²) in [6.45, 7) is 2.03. The molecule has 0 fully saturated rings. The predicted octanol–water partition coefficient (Wildman–Crippen LogP) is 4.38. The molecule has 0 radical (unpaired) electrons. The highest BCUT2D eigenvalue weighted by molar-refractivity contribution is 6.00. The summed E-state index contributed by atoms with van der Waals surface area (Å²) < 4.78 is 0. The molecule has 0 aliphatic heterocycles. The topological polar surface area (TPSA) is 15.6 Å². The van der Waals surface area contributed by atoms with E-state index >= 15 is 0 Å². The summed E-state index contributed by atoms with van der Waals surface area (Å²) in [5.74, 6) is 0. The van der Waals surface area contributed by atoms with Crippen molar-refractivity contribution in [1.82, 2.24) is 4.90 Å². The van der Waals surface area contributed by atoms with Gasteiger partial charge in [-0.15, -0.1) is 0 Å². The van der Waals surface area contributed by atoms with Gasteiger partial charge in [-0.1, -0.05) is 48.5 Å². The first-order chi connectivity index (χ1) is 9.66. The van der Waals surface area contributed by atoms with Crippen LogP contribution in [0.5, 0.6) is 0 Å². The van der Waals surface area contributed by atoms with Gasteiger partial charge in [-0.25, -0.2) is 0 Å². The Balaban J connectivity index is 2.32. The molecule has 2 aromatic rings. The maximum Gasteiger partial charge on any atom is 0.0632 e. The van der Waals surface area contributed by atoms with Crippen molar-refractivity contribution in [1.29, 1.82) is 0 Å². The number of aliphatic imine (C=N–C) groups is 1. The Hall–Kier alpha value is -2.35. The number of hydrogen-bond donors (Lipinski definition) is 0. The molecule has 0 unspecified atom stereocenters. The normalized spacial score (nSPS) is 12.3. The van der Waals surface area contributed by atoms with Crippen LogP contribution in [0, 0.1) is 0 Å². The van der Waals surface area contributed by atoms with Crippen molar-refractivity contribution in [2.75, 3.05) is 14.1 Å². The molecule has 0 amide bonds. The van der Waals surface area contributed by atoms with E-state index in [-0.39, 0.29) is 0 Å². The Morgan fingerprint density at radius 3 is 2.00 bits per heavy atom. The molecule has 2 nitrogen and oxygen atoms in total. The van der Waals surface area contributed by atoms with Crippen molar-refractivity contribution in [2.45, 2.75) is 6.92 Å². The molecule has 0 aliphatic carbocycles. The van der Waals surface area contributed by atoms with Gasteiger partial charge < -0.3 is 4.90 Å². The van der Waals surface area contributed by atoms with Crippen LogP contribution in [0.3, 0.4) is 0 Å². The zero-order chi connectivity index (χ0) is 14.4. The third-order valence-electron chi connectivity index (χ3n) is 2.96. The molecule has 2 aromatic carbocycles. The van der Waals surface area contributed by atoms with Crippen molar-refractivity contribution >= 4 is 17.1 Å². The lowest BCUT2D eigenvalue weighted by Gasteiger charge is -2.17. The molecular formula is C18H20N2. The van der Waals surface area contributed by atoms with Gasteiger partial charge in [0.05, 0.1) is 5.69 Å². The van der Waals surface area contributed by atoms with Crippen molar-refractivity contribution < 1.29 is 0 Å². The molecule has 0 atom stereocenters. The van der Waals surface area contributed by atoms with Gasteiger partial charge in [0.15, 0.2) is 0 Å². The molecule has 0 N–H and O–H groups in total. The second kappa shape index (κ2) is 6.71. The zero-order valence-corrected chi connectivity index (χ0v) is 12.2. The number of hydrogen-bond acceptors (Lipinski definition) is 2. The maximum atomic E-state index is 4.62. The zero-order valence-electron chi connectivity index (χ0n) is 12.2. The fourth-order valence-corrected chi connectivity index (χ4v) is 2.02. The Bertz CT molecular complexity index is 596. The largest absolute Gasteiger partial charge is 0.377 e. The van der Waals surface area contributed by atoms with E-state index in [1.807, 2.05) is 43.3 Å². The van der Waals surface area contributed by atoms with Crippen LogP contribution < -0.4 is 0 Å². The summed E-state index contributed by atoms with van der Waals surface area (Å²) in [4.78, 5) is 6.73. The summed E-state index contributed by atoms with van der Waals surface area (Å²) in [5.41, 5.74) is 4.32. The lowest BCUT2D eigenvalue weighted by molar-refractivity contribution is 0.592. The van der Waals surface area contributed by atoms with Gasteiger partial charge in [-0.2, -0.15) is 0 Å². The van der Waals surface area contributed by atoms with E-state index in [9.17, 15) is 0 Å². The highest BCUT2D eigenvalue weighted by atomic mass is 15.1. The maximum absolute atomic E-state index is 4.62. The minimum Gasteiger partial charge on any atom is -0.377 e. The highest BCUT2D eigenvalue weighted by Crippen LogP contribution is 2.17. The Morgan fingerprint density at radius 2 is 1.45 bits per heavy atom. The molecule has 2 rings (SSSR count). The average Bonchev–Trinajstić information content (AvgIpc) is 2.46. The Labute approximate surface area is 121 Å². The molecule has 0 saturated carbocycles. The van der Waals surface area contributed by atoms with Crippen LogP contribution in [-0.2, 0) is 0 Å². The summed E-state index contributed by atoms with van der Waals surface area (Å²) in [6, 6.07) is 20.4. The SMILES string of the molecule is CC(C=C(c1ccccc1)N(C)C)=Nc1ccccc1. The summed E-state index contributed by atoms with van der Waals surface area (Å²) >= 11 is 0. The monoisotopic (exact) mass is 264 g/mol. The lowest BCUT2D eigenvalue weighted by Crippen LogP contribution is -2.11. The molecule has 2 heteroatoms. The van der Waals surface area contributed by atoms with E-state index in [0.717, 1.165) is 17.1 Å². The van der Waals surface area contributed by atoms with E-state index in [4.69, 9.17) is 0 Å². The van der Waals surface area contributed by atoms with Gasteiger partial charge in [-0.05, 0) is 30.7 Å². The van der Waals surface area contributed by atoms with Crippen LogP contribution in [0.15, 0.2) is 71.7 Å². The molecule has 0 spiro atoms. The molecular weight excluding hydrogens is 244 g/mol. The third kappa shape index (κ3) is 3.82. The van der Waals surface area contributed by atoms with Crippen LogP contribution in [0.25, 0.3) is 5.70 Å². The summed E-state index contributed by atoms with van der Waals surface area (Å²) in [7, 11) is 4.10. The first-order valence-electron chi connectivity index (χ1n) is 6.71. The van der Waals surface area contributed by atoms with Gasteiger partial charge in [0.2, 0.25) is 0 Å². The van der Waals surface area contributed by atoms with Gasteiger partial charge in [0, 0.05) is 25.5 Å². The number of nitrogens with zero attached hydrogens (tertiary/aromatic N) is 2. The van der Waals surface area contributed by atoms with Crippen LogP contribution in [-0.4, -0.2) is 24.7 Å². The van der Waals surface area contributed by atoms with Gasteiger partial charge in [0.1, 0.15) is 0 Å². The second-order valence-electron chi connectivity index (χ2n) is 4.88. The third-order valence-corrected chi connectivity index (χ3v) is 2.96. The fourth-order valence-electron chi connectivity index (χ4n) is 2.02. The molecule has 0 bridgehead atoms.